The van der Waals surface area contributed by atoms with E-state index < -0.39 is 0 Å². The Kier molecular flexibility index (Phi) is 3.05. The van der Waals surface area contributed by atoms with Gasteiger partial charge in [0.2, 0.25) is 0 Å². The number of carbonyl (C=O) groups excluding carboxylic acids is 1. The number of H-pyrrole nitrogens is 1. The number of amides is 2. The van der Waals surface area contributed by atoms with Crippen molar-refractivity contribution in [3.63, 3.8) is 0 Å². The van der Waals surface area contributed by atoms with Crippen LogP contribution in [0.15, 0.2) is 24.5 Å². The molecule has 0 saturated heterocycles. The molecule has 2 aromatic rings. The minimum absolute atomic E-state index is 0.384. The lowest BCUT2D eigenvalue weighted by atomic mass is 10.2. The molecule has 1 aliphatic rings. The molecular formula is C13H12N6O. The summed E-state index contributed by atoms with van der Waals surface area (Å²) in [5, 5.41) is 20.9. The number of nitriles is 1. The van der Waals surface area contributed by atoms with E-state index >= 15 is 0 Å². The maximum Gasteiger partial charge on any atom is 0.324 e. The van der Waals surface area contributed by atoms with Crippen molar-refractivity contribution in [2.24, 2.45) is 0 Å². The van der Waals surface area contributed by atoms with Gasteiger partial charge in [-0.05, 0) is 25.0 Å². The maximum atomic E-state index is 11.9. The lowest BCUT2D eigenvalue weighted by Gasteiger charge is -2.06. The number of hydrogen-bond donors (Lipinski definition) is 3. The second-order valence-electron chi connectivity index (χ2n) is 4.59. The van der Waals surface area contributed by atoms with Gasteiger partial charge in [-0.1, -0.05) is 0 Å². The van der Waals surface area contributed by atoms with Crippen molar-refractivity contribution in [1.29, 1.82) is 5.26 Å². The lowest BCUT2D eigenvalue weighted by molar-refractivity contribution is 0.262. The van der Waals surface area contributed by atoms with Crippen LogP contribution in [0.2, 0.25) is 0 Å². The first-order valence-electron chi connectivity index (χ1n) is 6.23. The second-order valence-corrected chi connectivity index (χ2v) is 4.59. The van der Waals surface area contributed by atoms with Gasteiger partial charge in [0, 0.05) is 12.1 Å². The molecule has 0 aliphatic heterocycles. The fourth-order valence-electron chi connectivity index (χ4n) is 1.88. The van der Waals surface area contributed by atoms with Gasteiger partial charge in [0.1, 0.15) is 11.9 Å². The predicted octanol–water partition coefficient (Wildman–Crippen LogP) is 2.20. The molecule has 0 radical (unpaired) electrons. The van der Waals surface area contributed by atoms with Crippen LogP contribution in [-0.2, 0) is 0 Å². The Morgan fingerprint density at radius 1 is 1.35 bits per heavy atom. The summed E-state index contributed by atoms with van der Waals surface area (Å²) >= 11 is 0. The van der Waals surface area contributed by atoms with Crippen LogP contribution < -0.4 is 10.6 Å². The number of urea groups is 1. The van der Waals surface area contributed by atoms with Crippen LogP contribution in [0, 0.1) is 11.3 Å². The zero-order chi connectivity index (χ0) is 13.9. The molecule has 0 aromatic carbocycles. The van der Waals surface area contributed by atoms with Crippen LogP contribution in [0.4, 0.5) is 16.3 Å². The second kappa shape index (κ2) is 5.01. The zero-order valence-electron chi connectivity index (χ0n) is 10.6. The minimum Gasteiger partial charge on any atom is -0.305 e. The average Bonchev–Trinajstić information content (AvgIpc) is 3.20. The smallest absolute Gasteiger partial charge is 0.305 e. The van der Waals surface area contributed by atoms with E-state index in [2.05, 4.69) is 25.8 Å². The molecule has 2 heterocycles. The average molecular weight is 268 g/mol. The minimum atomic E-state index is -0.384. The van der Waals surface area contributed by atoms with Crippen molar-refractivity contribution in [3.8, 4) is 6.07 Å². The molecule has 100 valence electrons. The SMILES string of the molecule is N#Cc1ccc(NC(=O)Nc2cn[nH]c2C2CC2)nc1. The molecule has 20 heavy (non-hydrogen) atoms. The zero-order valence-corrected chi connectivity index (χ0v) is 10.6. The van der Waals surface area contributed by atoms with Gasteiger partial charge < -0.3 is 5.32 Å². The molecule has 1 aliphatic carbocycles. The molecule has 1 saturated carbocycles. The van der Waals surface area contributed by atoms with Crippen molar-refractivity contribution in [2.75, 3.05) is 10.6 Å². The molecule has 0 atom stereocenters. The normalized spacial score (nSPS) is 13.6. The van der Waals surface area contributed by atoms with Gasteiger partial charge in [0.25, 0.3) is 0 Å². The summed E-state index contributed by atoms with van der Waals surface area (Å²) < 4.78 is 0. The van der Waals surface area contributed by atoms with Gasteiger partial charge in [-0.3, -0.25) is 10.4 Å². The van der Waals surface area contributed by atoms with Gasteiger partial charge in [-0.25, -0.2) is 9.78 Å². The largest absolute Gasteiger partial charge is 0.324 e. The fraction of sp³-hybridized carbons (Fsp3) is 0.231. The molecule has 2 amide bonds. The Balaban J connectivity index is 1.64. The first-order valence-corrected chi connectivity index (χ1v) is 6.23. The molecule has 0 bridgehead atoms. The molecule has 3 N–H and O–H groups in total. The van der Waals surface area contributed by atoms with Gasteiger partial charge in [0.05, 0.1) is 23.1 Å². The first-order chi connectivity index (χ1) is 9.76. The number of nitrogens with one attached hydrogen (secondary N) is 3. The third kappa shape index (κ3) is 2.59. The first kappa shape index (κ1) is 12.2. The molecule has 7 nitrogen and oxygen atoms in total. The van der Waals surface area contributed by atoms with E-state index in [1.165, 1.54) is 6.20 Å². The molecule has 7 heteroatoms. The summed E-state index contributed by atoms with van der Waals surface area (Å²) in [5.41, 5.74) is 2.10. The third-order valence-corrected chi connectivity index (χ3v) is 3.04. The highest BCUT2D eigenvalue weighted by atomic mass is 16.2. The van der Waals surface area contributed by atoms with Crippen molar-refractivity contribution in [1.82, 2.24) is 15.2 Å². The Morgan fingerprint density at radius 2 is 2.20 bits per heavy atom. The topological polar surface area (TPSA) is 106 Å². The van der Waals surface area contributed by atoms with E-state index in [9.17, 15) is 4.79 Å². The van der Waals surface area contributed by atoms with Crippen LogP contribution in [0.25, 0.3) is 0 Å². The van der Waals surface area contributed by atoms with E-state index in [1.807, 2.05) is 6.07 Å². The van der Waals surface area contributed by atoms with Crippen molar-refractivity contribution in [3.05, 3.63) is 35.8 Å². The number of aromatic nitrogens is 3. The summed E-state index contributed by atoms with van der Waals surface area (Å²) in [6, 6.07) is 4.76. The van der Waals surface area contributed by atoms with Crippen LogP contribution in [0.1, 0.15) is 30.0 Å². The van der Waals surface area contributed by atoms with E-state index in [4.69, 9.17) is 5.26 Å². The monoisotopic (exact) mass is 268 g/mol. The maximum absolute atomic E-state index is 11.9. The van der Waals surface area contributed by atoms with Gasteiger partial charge in [-0.2, -0.15) is 10.4 Å². The Morgan fingerprint density at radius 3 is 2.85 bits per heavy atom. The van der Waals surface area contributed by atoms with Gasteiger partial charge in [0.15, 0.2) is 0 Å². The highest BCUT2D eigenvalue weighted by Crippen LogP contribution is 2.42. The number of carbonyl (C=O) groups is 1. The number of pyridine rings is 1. The van der Waals surface area contributed by atoms with Crippen LogP contribution in [0.5, 0.6) is 0 Å². The number of rotatable bonds is 3. The molecule has 3 rings (SSSR count). The predicted molar refractivity (Wildman–Crippen MR) is 72.2 cm³/mol. The molecular weight excluding hydrogens is 256 g/mol. The van der Waals surface area contributed by atoms with Gasteiger partial charge in [-0.15, -0.1) is 0 Å². The summed E-state index contributed by atoms with van der Waals surface area (Å²) in [7, 11) is 0. The Labute approximate surface area is 115 Å². The highest BCUT2D eigenvalue weighted by Gasteiger charge is 2.28. The van der Waals surface area contributed by atoms with Gasteiger partial charge >= 0.3 is 6.03 Å². The molecule has 0 spiro atoms. The lowest BCUT2D eigenvalue weighted by Crippen LogP contribution is -2.20. The Bertz CT molecular complexity index is 665. The van der Waals surface area contributed by atoms with E-state index in [0.717, 1.165) is 18.5 Å². The quantitative estimate of drug-likeness (QED) is 0.793. The van der Waals surface area contributed by atoms with Crippen LogP contribution in [0.3, 0.4) is 0 Å². The Hall–Kier alpha value is -2.88. The number of aromatic amines is 1. The number of anilines is 2. The van der Waals surface area contributed by atoms with Crippen molar-refractivity contribution < 1.29 is 4.79 Å². The summed E-state index contributed by atoms with van der Waals surface area (Å²) in [5.74, 6) is 0.860. The van der Waals surface area contributed by atoms with E-state index in [1.54, 1.807) is 18.3 Å². The third-order valence-electron chi connectivity index (χ3n) is 3.04. The summed E-state index contributed by atoms with van der Waals surface area (Å²) in [6.45, 7) is 0. The summed E-state index contributed by atoms with van der Waals surface area (Å²) in [4.78, 5) is 15.8. The van der Waals surface area contributed by atoms with E-state index in [-0.39, 0.29) is 6.03 Å². The number of nitrogens with zero attached hydrogens (tertiary/aromatic N) is 3. The van der Waals surface area contributed by atoms with Crippen LogP contribution in [-0.4, -0.2) is 21.2 Å². The molecule has 0 unspecified atom stereocenters. The fourth-order valence-corrected chi connectivity index (χ4v) is 1.88. The van der Waals surface area contributed by atoms with Crippen molar-refractivity contribution in [2.45, 2.75) is 18.8 Å². The summed E-state index contributed by atoms with van der Waals surface area (Å²) in [6.07, 6.45) is 5.24. The highest BCUT2D eigenvalue weighted by molar-refractivity contribution is 5.99. The number of hydrogen-bond acceptors (Lipinski definition) is 4. The molecule has 1 fully saturated rings. The standard InChI is InChI=1S/C13H12N6O/c14-5-8-1-4-11(15-6-8)18-13(20)17-10-7-16-19-12(10)9-2-3-9/h1,4,6-7,9H,2-3H2,(H,16,19)(H2,15,17,18,20). The van der Waals surface area contributed by atoms with E-state index in [0.29, 0.717) is 23.0 Å². The van der Waals surface area contributed by atoms with Crippen LogP contribution >= 0.6 is 0 Å². The van der Waals surface area contributed by atoms with Crippen molar-refractivity contribution >= 4 is 17.5 Å². The molecule has 2 aromatic heterocycles.